The van der Waals surface area contributed by atoms with Crippen LogP contribution in [0.25, 0.3) is 0 Å². The Bertz CT molecular complexity index is 340. The van der Waals surface area contributed by atoms with Crippen LogP contribution in [0.2, 0.25) is 0 Å². The van der Waals surface area contributed by atoms with E-state index in [1.165, 1.54) is 12.2 Å². The van der Waals surface area contributed by atoms with Crippen LogP contribution in [0.15, 0.2) is 36.2 Å². The van der Waals surface area contributed by atoms with Crippen molar-refractivity contribution >= 4 is 0 Å². The van der Waals surface area contributed by atoms with Crippen molar-refractivity contribution in [1.82, 2.24) is 0 Å². The third-order valence-electron chi connectivity index (χ3n) is 3.68. The predicted octanol–water partition coefficient (Wildman–Crippen LogP) is 3.82. The summed E-state index contributed by atoms with van der Waals surface area (Å²) in [6.07, 6.45) is 3.72. The zero-order valence-corrected chi connectivity index (χ0v) is 9.08. The van der Waals surface area contributed by atoms with E-state index in [0.29, 0.717) is 11.8 Å². The van der Waals surface area contributed by atoms with Crippen molar-refractivity contribution in [3.05, 3.63) is 36.2 Å². The normalized spacial score (nSPS) is 37.2. The number of rotatable bonds is 3. The first kappa shape index (κ1) is 10.6. The van der Waals surface area contributed by atoms with Crippen molar-refractivity contribution < 1.29 is 8.78 Å². The molecular weight excluding hydrogens is 194 g/mol. The Hall–Kier alpha value is -0.920. The minimum Gasteiger partial charge on any atom is -0.242 e. The van der Waals surface area contributed by atoms with Crippen molar-refractivity contribution in [2.24, 2.45) is 23.7 Å². The SMILES string of the molecule is C=CC(F)C(C)C1=CC2[C@@H](C(F)=C1)[C@H]2C. The second-order valence-electron chi connectivity index (χ2n) is 4.63. The molecule has 0 nitrogen and oxygen atoms in total. The molecule has 0 aromatic heterocycles. The maximum absolute atomic E-state index is 13.5. The molecule has 3 unspecified atom stereocenters. The molecular formula is C13H16F2. The van der Waals surface area contributed by atoms with Gasteiger partial charge >= 0.3 is 0 Å². The molecule has 1 fully saturated rings. The van der Waals surface area contributed by atoms with E-state index >= 15 is 0 Å². The molecule has 0 aliphatic heterocycles. The van der Waals surface area contributed by atoms with Gasteiger partial charge in [0.2, 0.25) is 0 Å². The summed E-state index contributed by atoms with van der Waals surface area (Å²) in [4.78, 5) is 0. The summed E-state index contributed by atoms with van der Waals surface area (Å²) < 4.78 is 26.9. The number of allylic oxidation sites excluding steroid dienone is 5. The summed E-state index contributed by atoms with van der Waals surface area (Å²) in [5.74, 6) is 0.384. The largest absolute Gasteiger partial charge is 0.242 e. The summed E-state index contributed by atoms with van der Waals surface area (Å²) in [6.45, 7) is 7.23. The molecule has 0 spiro atoms. The van der Waals surface area contributed by atoms with Gasteiger partial charge in [-0.1, -0.05) is 26.0 Å². The average Bonchev–Trinajstić information content (AvgIpc) is 2.88. The van der Waals surface area contributed by atoms with Gasteiger partial charge in [0.15, 0.2) is 0 Å². The van der Waals surface area contributed by atoms with Crippen molar-refractivity contribution in [3.63, 3.8) is 0 Å². The second-order valence-corrected chi connectivity index (χ2v) is 4.63. The topological polar surface area (TPSA) is 0 Å². The highest BCUT2D eigenvalue weighted by Crippen LogP contribution is 2.55. The van der Waals surface area contributed by atoms with Gasteiger partial charge in [0.1, 0.15) is 12.0 Å². The Morgan fingerprint density at radius 2 is 2.20 bits per heavy atom. The molecule has 2 aliphatic rings. The first-order chi connectivity index (χ1) is 7.06. The fraction of sp³-hybridized carbons (Fsp3) is 0.538. The third kappa shape index (κ3) is 1.66. The van der Waals surface area contributed by atoms with Crippen LogP contribution in [0.3, 0.4) is 0 Å². The molecule has 0 bridgehead atoms. The smallest absolute Gasteiger partial charge is 0.125 e. The summed E-state index contributed by atoms with van der Waals surface area (Å²) in [7, 11) is 0. The third-order valence-corrected chi connectivity index (χ3v) is 3.68. The van der Waals surface area contributed by atoms with Gasteiger partial charge in [0.05, 0.1) is 0 Å². The van der Waals surface area contributed by atoms with Crippen LogP contribution >= 0.6 is 0 Å². The molecule has 0 aromatic rings. The minimum absolute atomic E-state index is 0.0720. The first-order valence-corrected chi connectivity index (χ1v) is 5.41. The standard InChI is InChI=1S/C13H16F2/c1-4-11(14)7(2)9-5-10-8(3)13(10)12(15)6-9/h4-8,10-11,13H,1H2,2-3H3/t7?,8-,10?,11?,13-/m0/s1. The Kier molecular flexibility index (Phi) is 2.53. The monoisotopic (exact) mass is 210 g/mol. The molecule has 2 rings (SSSR count). The van der Waals surface area contributed by atoms with Crippen LogP contribution in [-0.2, 0) is 0 Å². The molecule has 0 heterocycles. The quantitative estimate of drug-likeness (QED) is 0.621. The van der Waals surface area contributed by atoms with Crippen LogP contribution in [0.5, 0.6) is 0 Å². The zero-order chi connectivity index (χ0) is 11.2. The van der Waals surface area contributed by atoms with Crippen molar-refractivity contribution in [1.29, 1.82) is 0 Å². The Morgan fingerprint density at radius 1 is 1.53 bits per heavy atom. The van der Waals surface area contributed by atoms with Crippen LogP contribution in [0.1, 0.15) is 13.8 Å². The first-order valence-electron chi connectivity index (χ1n) is 5.41. The number of alkyl halides is 1. The molecule has 2 aliphatic carbocycles. The summed E-state index contributed by atoms with van der Waals surface area (Å²) in [5.41, 5.74) is 0.783. The van der Waals surface area contributed by atoms with Crippen LogP contribution < -0.4 is 0 Å². The molecule has 1 saturated carbocycles. The molecule has 2 heteroatoms. The summed E-state index contributed by atoms with van der Waals surface area (Å²) >= 11 is 0. The lowest BCUT2D eigenvalue weighted by atomic mass is 9.91. The van der Waals surface area contributed by atoms with Crippen molar-refractivity contribution in [2.45, 2.75) is 20.0 Å². The Balaban J connectivity index is 2.18. The lowest BCUT2D eigenvalue weighted by Gasteiger charge is -2.17. The zero-order valence-electron chi connectivity index (χ0n) is 9.08. The van der Waals surface area contributed by atoms with E-state index in [1.54, 1.807) is 6.92 Å². The Morgan fingerprint density at radius 3 is 2.73 bits per heavy atom. The highest BCUT2D eigenvalue weighted by atomic mass is 19.1. The molecule has 82 valence electrons. The van der Waals surface area contributed by atoms with Crippen molar-refractivity contribution in [2.75, 3.05) is 0 Å². The average molecular weight is 210 g/mol. The predicted molar refractivity (Wildman–Crippen MR) is 57.7 cm³/mol. The molecule has 0 radical (unpaired) electrons. The summed E-state index contributed by atoms with van der Waals surface area (Å²) in [6, 6.07) is 0. The molecule has 0 aromatic carbocycles. The number of fused-ring (bicyclic) bond motifs is 1. The van der Waals surface area contributed by atoms with E-state index in [-0.39, 0.29) is 17.7 Å². The van der Waals surface area contributed by atoms with E-state index in [2.05, 4.69) is 6.58 Å². The number of halogens is 2. The minimum atomic E-state index is -1.09. The van der Waals surface area contributed by atoms with E-state index in [9.17, 15) is 8.78 Å². The van der Waals surface area contributed by atoms with Crippen molar-refractivity contribution in [3.8, 4) is 0 Å². The van der Waals surface area contributed by atoms with E-state index < -0.39 is 6.17 Å². The van der Waals surface area contributed by atoms with Gasteiger partial charge in [-0.05, 0) is 23.5 Å². The highest BCUT2D eigenvalue weighted by molar-refractivity contribution is 5.37. The summed E-state index contributed by atoms with van der Waals surface area (Å²) in [5, 5.41) is 0. The van der Waals surface area contributed by atoms with Crippen LogP contribution in [0, 0.1) is 23.7 Å². The lowest BCUT2D eigenvalue weighted by Crippen LogP contribution is -2.13. The van der Waals surface area contributed by atoms with Gasteiger partial charge in [-0.2, -0.15) is 0 Å². The van der Waals surface area contributed by atoms with Gasteiger partial charge in [-0.25, -0.2) is 8.78 Å². The number of hydrogen-bond donors (Lipinski definition) is 0. The second kappa shape index (κ2) is 3.58. The van der Waals surface area contributed by atoms with Gasteiger partial charge in [-0.15, -0.1) is 6.58 Å². The molecule has 15 heavy (non-hydrogen) atoms. The molecule has 5 atom stereocenters. The van der Waals surface area contributed by atoms with Gasteiger partial charge in [0, 0.05) is 11.8 Å². The van der Waals surface area contributed by atoms with Crippen LogP contribution in [0.4, 0.5) is 8.78 Å². The molecule has 0 N–H and O–H groups in total. The van der Waals surface area contributed by atoms with Gasteiger partial charge < -0.3 is 0 Å². The van der Waals surface area contributed by atoms with Gasteiger partial charge in [-0.3, -0.25) is 0 Å². The molecule has 0 saturated heterocycles. The van der Waals surface area contributed by atoms with Gasteiger partial charge in [0.25, 0.3) is 0 Å². The van der Waals surface area contributed by atoms with E-state index in [1.807, 2.05) is 13.0 Å². The highest BCUT2D eigenvalue weighted by Gasteiger charge is 2.50. The lowest BCUT2D eigenvalue weighted by molar-refractivity contribution is 0.328. The fourth-order valence-electron chi connectivity index (χ4n) is 2.38. The molecule has 0 amide bonds. The maximum atomic E-state index is 13.5. The van der Waals surface area contributed by atoms with Crippen LogP contribution in [-0.4, -0.2) is 6.17 Å². The van der Waals surface area contributed by atoms with E-state index in [4.69, 9.17) is 0 Å². The number of hydrogen-bond acceptors (Lipinski definition) is 0. The van der Waals surface area contributed by atoms with E-state index in [0.717, 1.165) is 5.57 Å². The Labute approximate surface area is 89.4 Å². The fourth-order valence-corrected chi connectivity index (χ4v) is 2.38. The maximum Gasteiger partial charge on any atom is 0.125 e.